The van der Waals surface area contributed by atoms with Gasteiger partial charge in [-0.3, -0.25) is 14.4 Å². The number of furan rings is 1. The number of nitrogens with one attached hydrogen (secondary N) is 2. The van der Waals surface area contributed by atoms with E-state index in [-0.39, 0.29) is 23.8 Å². The van der Waals surface area contributed by atoms with E-state index in [0.29, 0.717) is 42.3 Å². The summed E-state index contributed by atoms with van der Waals surface area (Å²) >= 11 is 6.04. The first-order valence-electron chi connectivity index (χ1n) is 9.56. The molecular weight excluding hydrogens is 394 g/mol. The van der Waals surface area contributed by atoms with E-state index in [1.165, 1.54) is 6.26 Å². The van der Waals surface area contributed by atoms with Gasteiger partial charge in [0, 0.05) is 24.7 Å². The maximum atomic E-state index is 12.7. The lowest BCUT2D eigenvalue weighted by Crippen LogP contribution is -2.52. The van der Waals surface area contributed by atoms with Crippen molar-refractivity contribution in [1.29, 1.82) is 0 Å². The highest BCUT2D eigenvalue weighted by molar-refractivity contribution is 6.33. The Kier molecular flexibility index (Phi) is 6.59. The summed E-state index contributed by atoms with van der Waals surface area (Å²) in [4.78, 5) is 39.0. The quantitative estimate of drug-likeness (QED) is 0.782. The van der Waals surface area contributed by atoms with Crippen LogP contribution < -0.4 is 10.6 Å². The molecular formula is C21H24ClN3O4. The summed E-state index contributed by atoms with van der Waals surface area (Å²) in [5, 5.41) is 6.00. The zero-order chi connectivity index (χ0) is 21.0. The van der Waals surface area contributed by atoms with Crippen molar-refractivity contribution in [2.24, 2.45) is 0 Å². The third kappa shape index (κ3) is 4.98. The number of nitrogens with zero attached hydrogens (tertiary/aromatic N) is 1. The standard InChI is InChI=1S/C21H24ClN3O4/c1-13-9-12-29-18(13)20(27)24-15-7-10-25(11-8-15)21(28)14(2)23-19(26)16-5-3-4-6-17(16)22/h3-6,9,12,14-15H,7-8,10-11H2,1-2H3,(H,23,26)(H,24,27). The summed E-state index contributed by atoms with van der Waals surface area (Å²) in [6, 6.07) is 7.75. The zero-order valence-electron chi connectivity index (χ0n) is 16.4. The molecule has 3 amide bonds. The van der Waals surface area contributed by atoms with Crippen molar-refractivity contribution in [2.75, 3.05) is 13.1 Å². The highest BCUT2D eigenvalue weighted by Gasteiger charge is 2.28. The molecule has 1 aromatic heterocycles. The van der Waals surface area contributed by atoms with Crippen molar-refractivity contribution >= 4 is 29.3 Å². The van der Waals surface area contributed by atoms with Crippen LogP contribution in [0.4, 0.5) is 0 Å². The van der Waals surface area contributed by atoms with Crippen molar-refractivity contribution in [1.82, 2.24) is 15.5 Å². The topological polar surface area (TPSA) is 91.7 Å². The Hall–Kier alpha value is -2.80. The molecule has 2 N–H and O–H groups in total. The summed E-state index contributed by atoms with van der Waals surface area (Å²) in [7, 11) is 0. The molecule has 7 nitrogen and oxygen atoms in total. The molecule has 0 saturated carbocycles. The Morgan fingerprint density at radius 2 is 1.83 bits per heavy atom. The molecule has 154 valence electrons. The van der Waals surface area contributed by atoms with Crippen molar-refractivity contribution < 1.29 is 18.8 Å². The maximum absolute atomic E-state index is 12.7. The molecule has 1 atom stereocenters. The van der Waals surface area contributed by atoms with Crippen molar-refractivity contribution in [3.8, 4) is 0 Å². The first-order chi connectivity index (χ1) is 13.9. The molecule has 1 saturated heterocycles. The molecule has 1 aromatic carbocycles. The lowest BCUT2D eigenvalue weighted by atomic mass is 10.0. The molecule has 1 unspecified atom stereocenters. The number of rotatable bonds is 5. The van der Waals surface area contributed by atoms with Gasteiger partial charge < -0.3 is 20.0 Å². The number of hydrogen-bond donors (Lipinski definition) is 2. The van der Waals surface area contributed by atoms with E-state index in [4.69, 9.17) is 16.0 Å². The molecule has 8 heteroatoms. The van der Waals surface area contributed by atoms with Crippen LogP contribution in [0.5, 0.6) is 0 Å². The minimum absolute atomic E-state index is 0.0240. The van der Waals surface area contributed by atoms with Crippen molar-refractivity contribution in [3.05, 3.63) is 58.5 Å². The summed E-state index contributed by atoms with van der Waals surface area (Å²) in [5.74, 6) is -0.457. The fraction of sp³-hybridized carbons (Fsp3) is 0.381. The number of amides is 3. The SMILES string of the molecule is Cc1ccoc1C(=O)NC1CCN(C(=O)C(C)NC(=O)c2ccccc2Cl)CC1. The smallest absolute Gasteiger partial charge is 0.287 e. The fourth-order valence-electron chi connectivity index (χ4n) is 3.36. The Morgan fingerprint density at radius 1 is 1.14 bits per heavy atom. The summed E-state index contributed by atoms with van der Waals surface area (Å²) in [5.41, 5.74) is 1.13. The lowest BCUT2D eigenvalue weighted by Gasteiger charge is -2.34. The number of carbonyl (C=O) groups is 3. The number of hydrogen-bond acceptors (Lipinski definition) is 4. The third-order valence-electron chi connectivity index (χ3n) is 5.05. The predicted molar refractivity (Wildman–Crippen MR) is 109 cm³/mol. The van der Waals surface area contributed by atoms with Gasteiger partial charge in [-0.25, -0.2) is 0 Å². The van der Waals surface area contributed by atoms with Crippen LogP contribution in [0.25, 0.3) is 0 Å². The van der Waals surface area contributed by atoms with E-state index in [1.54, 1.807) is 42.2 Å². The second-order valence-electron chi connectivity index (χ2n) is 7.18. The molecule has 1 fully saturated rings. The van der Waals surface area contributed by atoms with Crippen LogP contribution in [-0.2, 0) is 4.79 Å². The van der Waals surface area contributed by atoms with Crippen molar-refractivity contribution in [3.63, 3.8) is 0 Å². The normalized spacial score (nSPS) is 15.6. The van der Waals surface area contributed by atoms with Crippen molar-refractivity contribution in [2.45, 2.75) is 38.8 Å². The molecule has 0 radical (unpaired) electrons. The van der Waals surface area contributed by atoms with Gasteiger partial charge in [-0.2, -0.15) is 0 Å². The second-order valence-corrected chi connectivity index (χ2v) is 7.59. The predicted octanol–water partition coefficient (Wildman–Crippen LogP) is 2.78. The van der Waals surface area contributed by atoms with Crippen LogP contribution >= 0.6 is 11.6 Å². The molecule has 29 heavy (non-hydrogen) atoms. The summed E-state index contributed by atoms with van der Waals surface area (Å²) in [6.07, 6.45) is 2.77. The minimum atomic E-state index is -0.671. The van der Waals surface area contributed by atoms with Crippen LogP contribution in [0.3, 0.4) is 0 Å². The Balaban J connectivity index is 1.49. The fourth-order valence-corrected chi connectivity index (χ4v) is 3.58. The first-order valence-corrected chi connectivity index (χ1v) is 9.93. The summed E-state index contributed by atoms with van der Waals surface area (Å²) in [6.45, 7) is 4.49. The number of piperidine rings is 1. The van der Waals surface area contributed by atoms with E-state index >= 15 is 0 Å². The monoisotopic (exact) mass is 417 g/mol. The van der Waals surface area contributed by atoms with Crippen LogP contribution in [-0.4, -0.2) is 47.8 Å². The van der Waals surface area contributed by atoms with E-state index < -0.39 is 6.04 Å². The van der Waals surface area contributed by atoms with Crippen LogP contribution in [0.2, 0.25) is 5.02 Å². The van der Waals surface area contributed by atoms with Gasteiger partial charge in [-0.05, 0) is 44.9 Å². The van der Waals surface area contributed by atoms with E-state index in [1.807, 2.05) is 6.92 Å². The number of benzene rings is 1. The number of halogens is 1. The lowest BCUT2D eigenvalue weighted by molar-refractivity contribution is -0.133. The Bertz CT molecular complexity index is 903. The van der Waals surface area contributed by atoms with Gasteiger partial charge in [-0.15, -0.1) is 0 Å². The molecule has 0 bridgehead atoms. The van der Waals surface area contributed by atoms with Crippen LogP contribution in [0, 0.1) is 6.92 Å². The molecule has 1 aliphatic rings. The van der Waals surface area contributed by atoms with Crippen LogP contribution in [0.15, 0.2) is 41.0 Å². The van der Waals surface area contributed by atoms with Gasteiger partial charge in [0.1, 0.15) is 6.04 Å². The number of aryl methyl sites for hydroxylation is 1. The number of carbonyl (C=O) groups excluding carboxylic acids is 3. The van der Waals surface area contributed by atoms with E-state index in [0.717, 1.165) is 5.56 Å². The second kappa shape index (κ2) is 9.13. The summed E-state index contributed by atoms with van der Waals surface area (Å²) < 4.78 is 5.21. The van der Waals surface area contributed by atoms with Gasteiger partial charge in [-0.1, -0.05) is 23.7 Å². The van der Waals surface area contributed by atoms with Crippen LogP contribution in [0.1, 0.15) is 46.2 Å². The van der Waals surface area contributed by atoms with Gasteiger partial charge in [0.2, 0.25) is 5.91 Å². The van der Waals surface area contributed by atoms with E-state index in [2.05, 4.69) is 10.6 Å². The number of likely N-dealkylation sites (tertiary alicyclic amines) is 1. The highest BCUT2D eigenvalue weighted by Crippen LogP contribution is 2.16. The minimum Gasteiger partial charge on any atom is -0.459 e. The Labute approximate surface area is 174 Å². The van der Waals surface area contributed by atoms with E-state index in [9.17, 15) is 14.4 Å². The average Bonchev–Trinajstić information content (AvgIpc) is 3.14. The van der Waals surface area contributed by atoms with Gasteiger partial charge in [0.05, 0.1) is 16.8 Å². The first kappa shape index (κ1) is 20.9. The molecule has 1 aliphatic heterocycles. The molecule has 2 heterocycles. The largest absolute Gasteiger partial charge is 0.459 e. The molecule has 2 aromatic rings. The van der Waals surface area contributed by atoms with Gasteiger partial charge in [0.15, 0.2) is 5.76 Å². The van der Waals surface area contributed by atoms with Gasteiger partial charge in [0.25, 0.3) is 11.8 Å². The third-order valence-corrected chi connectivity index (χ3v) is 5.38. The Morgan fingerprint density at radius 3 is 2.45 bits per heavy atom. The van der Waals surface area contributed by atoms with Gasteiger partial charge >= 0.3 is 0 Å². The maximum Gasteiger partial charge on any atom is 0.287 e. The molecule has 3 rings (SSSR count). The molecule has 0 aliphatic carbocycles. The molecule has 0 spiro atoms. The average molecular weight is 418 g/mol. The zero-order valence-corrected chi connectivity index (χ0v) is 17.2. The highest BCUT2D eigenvalue weighted by atomic mass is 35.5.